The van der Waals surface area contributed by atoms with E-state index in [1.807, 2.05) is 0 Å². The van der Waals surface area contributed by atoms with Crippen LogP contribution in [0.5, 0.6) is 0 Å². The fourth-order valence-electron chi connectivity index (χ4n) is 4.04. The molecule has 12 heteroatoms. The zero-order chi connectivity index (χ0) is 27.2. The molecular formula is C26H31N7O5. The first-order valence-corrected chi connectivity index (χ1v) is 12.3. The highest BCUT2D eigenvalue weighted by atomic mass is 16.5. The van der Waals surface area contributed by atoms with Gasteiger partial charge in [-0.25, -0.2) is 4.98 Å². The minimum atomic E-state index is -0.607. The van der Waals surface area contributed by atoms with Crippen LogP contribution in [0.25, 0.3) is 5.57 Å². The Labute approximate surface area is 219 Å². The molecule has 0 spiro atoms. The summed E-state index contributed by atoms with van der Waals surface area (Å²) in [5.41, 5.74) is 13.9. The quantitative estimate of drug-likeness (QED) is 0.100. The summed E-state index contributed by atoms with van der Waals surface area (Å²) in [6.07, 6.45) is 7.08. The maximum atomic E-state index is 13.4. The number of oxime groups is 1. The van der Waals surface area contributed by atoms with E-state index in [-0.39, 0.29) is 37.4 Å². The van der Waals surface area contributed by atoms with E-state index in [0.29, 0.717) is 28.9 Å². The van der Waals surface area contributed by atoms with Crippen LogP contribution in [0.4, 0.5) is 5.82 Å². The van der Waals surface area contributed by atoms with Crippen LogP contribution in [0.2, 0.25) is 0 Å². The zero-order valence-electron chi connectivity index (χ0n) is 21.0. The second-order valence-corrected chi connectivity index (χ2v) is 9.16. The lowest BCUT2D eigenvalue weighted by molar-refractivity contribution is -0.146. The number of rotatable bonds is 10. The molecule has 1 aromatic carbocycles. The molecule has 1 atom stereocenters. The Kier molecular flexibility index (Phi) is 8.09. The topological polar surface area (TPSA) is 187 Å². The van der Waals surface area contributed by atoms with Gasteiger partial charge in [-0.1, -0.05) is 35.5 Å². The Morgan fingerprint density at radius 3 is 2.66 bits per heavy atom. The van der Waals surface area contributed by atoms with Crippen LogP contribution in [0.15, 0.2) is 58.3 Å². The smallest absolute Gasteiger partial charge is 0.313 e. The van der Waals surface area contributed by atoms with Crippen molar-refractivity contribution < 1.29 is 19.5 Å². The van der Waals surface area contributed by atoms with Gasteiger partial charge in [0.2, 0.25) is 5.91 Å². The normalized spacial score (nSPS) is 17.3. The number of nitrogens with one attached hydrogen (secondary N) is 2. The van der Waals surface area contributed by atoms with Gasteiger partial charge in [0, 0.05) is 30.3 Å². The molecule has 2 aliphatic carbocycles. The van der Waals surface area contributed by atoms with Gasteiger partial charge < -0.3 is 32.0 Å². The number of aromatic nitrogens is 2. The molecule has 0 aliphatic heterocycles. The molecule has 1 amide bonds. The SMILES string of the molecule is CCOC(=O)C1C=C(c2cnc(NC3CC3)c(=O)n2CC(=O)NCc2ccc(/C(N)=N/O)cc2)C=C(N)C1. The molecule has 1 unspecified atom stereocenters. The summed E-state index contributed by atoms with van der Waals surface area (Å²) in [7, 11) is 0. The van der Waals surface area contributed by atoms with Gasteiger partial charge in [-0.15, -0.1) is 0 Å². The fourth-order valence-corrected chi connectivity index (χ4v) is 4.04. The van der Waals surface area contributed by atoms with Crippen molar-refractivity contribution in [1.29, 1.82) is 0 Å². The van der Waals surface area contributed by atoms with Crippen LogP contribution in [0.3, 0.4) is 0 Å². The van der Waals surface area contributed by atoms with Crippen molar-refractivity contribution in [3.63, 3.8) is 0 Å². The summed E-state index contributed by atoms with van der Waals surface area (Å²) in [6.45, 7) is 1.90. The summed E-state index contributed by atoms with van der Waals surface area (Å²) >= 11 is 0. The molecule has 0 radical (unpaired) electrons. The number of nitrogens with two attached hydrogens (primary N) is 2. The Balaban J connectivity index is 1.58. The second-order valence-electron chi connectivity index (χ2n) is 9.16. The number of anilines is 1. The number of carbonyl (C=O) groups is 2. The second kappa shape index (κ2) is 11.6. The number of ether oxygens (including phenoxy) is 1. The Morgan fingerprint density at radius 1 is 1.26 bits per heavy atom. The number of hydrogen-bond acceptors (Lipinski definition) is 9. The third-order valence-electron chi connectivity index (χ3n) is 6.18. The molecule has 7 N–H and O–H groups in total. The third-order valence-corrected chi connectivity index (χ3v) is 6.18. The Morgan fingerprint density at radius 2 is 2.00 bits per heavy atom. The van der Waals surface area contributed by atoms with Crippen molar-refractivity contribution in [2.75, 3.05) is 11.9 Å². The molecule has 1 saturated carbocycles. The Bertz CT molecular complexity index is 1360. The maximum Gasteiger partial charge on any atom is 0.313 e. The minimum Gasteiger partial charge on any atom is -0.466 e. The number of amides is 1. The van der Waals surface area contributed by atoms with Crippen molar-refractivity contribution in [3.05, 3.63) is 75.5 Å². The lowest BCUT2D eigenvalue weighted by Gasteiger charge is -2.21. The van der Waals surface area contributed by atoms with Gasteiger partial charge in [0.05, 0.1) is 24.4 Å². The van der Waals surface area contributed by atoms with Crippen LogP contribution >= 0.6 is 0 Å². The summed E-state index contributed by atoms with van der Waals surface area (Å²) in [6, 6.07) is 7.01. The van der Waals surface area contributed by atoms with Crippen LogP contribution in [-0.2, 0) is 27.4 Å². The number of nitrogens with zero attached hydrogens (tertiary/aromatic N) is 3. The van der Waals surface area contributed by atoms with E-state index in [1.54, 1.807) is 43.3 Å². The van der Waals surface area contributed by atoms with E-state index in [1.165, 1.54) is 10.8 Å². The Hall–Kier alpha value is -4.61. The molecule has 0 bridgehead atoms. The van der Waals surface area contributed by atoms with Crippen molar-refractivity contribution in [1.82, 2.24) is 14.9 Å². The molecule has 1 heterocycles. The van der Waals surface area contributed by atoms with Gasteiger partial charge in [-0.05, 0) is 37.0 Å². The summed E-state index contributed by atoms with van der Waals surface area (Å²) < 4.78 is 6.48. The maximum absolute atomic E-state index is 13.4. The van der Waals surface area contributed by atoms with Gasteiger partial charge in [-0.2, -0.15) is 0 Å². The number of hydrogen-bond donors (Lipinski definition) is 5. The predicted molar refractivity (Wildman–Crippen MR) is 141 cm³/mol. The molecular weight excluding hydrogens is 490 g/mol. The van der Waals surface area contributed by atoms with Gasteiger partial charge in [0.1, 0.15) is 6.54 Å². The molecule has 4 rings (SSSR count). The van der Waals surface area contributed by atoms with E-state index in [2.05, 4.69) is 20.8 Å². The van der Waals surface area contributed by atoms with Crippen LogP contribution in [0.1, 0.15) is 43.0 Å². The highest BCUT2D eigenvalue weighted by molar-refractivity contribution is 5.97. The van der Waals surface area contributed by atoms with Crippen LogP contribution in [0, 0.1) is 5.92 Å². The van der Waals surface area contributed by atoms with Crippen molar-refractivity contribution >= 4 is 29.1 Å². The summed E-state index contributed by atoms with van der Waals surface area (Å²) in [4.78, 5) is 43.0. The van der Waals surface area contributed by atoms with Crippen LogP contribution < -0.4 is 27.7 Å². The molecule has 38 heavy (non-hydrogen) atoms. The van der Waals surface area contributed by atoms with E-state index < -0.39 is 23.4 Å². The highest BCUT2D eigenvalue weighted by Crippen LogP contribution is 2.28. The van der Waals surface area contributed by atoms with Gasteiger partial charge in [-0.3, -0.25) is 19.0 Å². The molecule has 200 valence electrons. The average Bonchev–Trinajstić information content (AvgIpc) is 3.73. The van der Waals surface area contributed by atoms with E-state index in [9.17, 15) is 14.4 Å². The van der Waals surface area contributed by atoms with Gasteiger partial charge in [0.25, 0.3) is 5.56 Å². The summed E-state index contributed by atoms with van der Waals surface area (Å²) in [5, 5.41) is 17.7. The average molecular weight is 522 g/mol. The molecule has 1 fully saturated rings. The number of amidine groups is 1. The fraction of sp³-hybridized carbons (Fsp3) is 0.346. The lowest BCUT2D eigenvalue weighted by atomic mass is 9.92. The van der Waals surface area contributed by atoms with Gasteiger partial charge in [0.15, 0.2) is 11.7 Å². The lowest BCUT2D eigenvalue weighted by Crippen LogP contribution is -2.35. The standard InChI is InChI=1S/C26H31N7O5/c1-2-38-26(36)18-9-17(10-19(27)11-18)21-13-30-24(31-20-7-8-20)25(35)33(21)14-22(34)29-12-15-3-5-16(6-4-15)23(28)32-37/h3-6,9-10,13,18,20,37H,2,7-8,11-12,14,27H2,1H3,(H2,28,32)(H,29,34)(H,30,31). The predicted octanol–water partition coefficient (Wildman–Crippen LogP) is 1.04. The summed E-state index contributed by atoms with van der Waals surface area (Å²) in [5.74, 6) is -1.27. The van der Waals surface area contributed by atoms with Crippen molar-refractivity contribution in [2.45, 2.75) is 45.3 Å². The monoisotopic (exact) mass is 521 g/mol. The first-order chi connectivity index (χ1) is 18.3. The number of esters is 1. The largest absolute Gasteiger partial charge is 0.466 e. The van der Waals surface area contributed by atoms with Crippen molar-refractivity contribution in [2.24, 2.45) is 22.5 Å². The molecule has 12 nitrogen and oxygen atoms in total. The molecule has 2 aromatic rings. The third kappa shape index (κ3) is 6.38. The molecule has 0 saturated heterocycles. The number of carbonyl (C=O) groups excluding carboxylic acids is 2. The van der Waals surface area contributed by atoms with E-state index in [0.717, 1.165) is 18.4 Å². The first-order valence-electron chi connectivity index (χ1n) is 12.3. The van der Waals surface area contributed by atoms with Crippen molar-refractivity contribution in [3.8, 4) is 0 Å². The molecule has 2 aliphatic rings. The van der Waals surface area contributed by atoms with Crippen LogP contribution in [-0.4, -0.2) is 45.1 Å². The van der Waals surface area contributed by atoms with E-state index >= 15 is 0 Å². The van der Waals surface area contributed by atoms with Gasteiger partial charge >= 0.3 is 5.97 Å². The molecule has 1 aromatic heterocycles. The number of benzene rings is 1. The highest BCUT2D eigenvalue weighted by Gasteiger charge is 2.27. The zero-order valence-corrected chi connectivity index (χ0v) is 21.0. The first kappa shape index (κ1) is 26.5. The minimum absolute atomic E-state index is 0.0160. The van der Waals surface area contributed by atoms with E-state index in [4.69, 9.17) is 21.4 Å². The number of allylic oxidation sites excluding steroid dienone is 3.